The molecule has 1 aliphatic heterocycles. The third-order valence-electron chi connectivity index (χ3n) is 3.20. The lowest BCUT2D eigenvalue weighted by Crippen LogP contribution is -2.48. The predicted octanol–water partition coefficient (Wildman–Crippen LogP) is 1.36. The molecule has 0 bridgehead atoms. The van der Waals surface area contributed by atoms with Gasteiger partial charge in [0, 0.05) is 5.69 Å². The molecule has 5 nitrogen and oxygen atoms in total. The van der Waals surface area contributed by atoms with Gasteiger partial charge in [0.2, 0.25) is 0 Å². The molecular weight excluding hydrogens is 285 g/mol. The number of ether oxygens (including phenoxy) is 1. The van der Waals surface area contributed by atoms with E-state index in [4.69, 9.17) is 4.74 Å². The number of esters is 1. The Morgan fingerprint density at radius 3 is 2.55 bits per heavy atom. The number of benzene rings is 1. The molecule has 1 aliphatic rings. The maximum absolute atomic E-state index is 12.9. The van der Waals surface area contributed by atoms with Gasteiger partial charge in [0.25, 0.3) is 0 Å². The molecule has 0 radical (unpaired) electrons. The number of anilines is 1. The van der Waals surface area contributed by atoms with Crippen molar-refractivity contribution < 1.29 is 22.3 Å². The van der Waals surface area contributed by atoms with Gasteiger partial charge in [-0.3, -0.25) is 0 Å². The van der Waals surface area contributed by atoms with Crippen molar-refractivity contribution in [3.05, 3.63) is 30.1 Å². The second-order valence-corrected chi connectivity index (χ2v) is 6.96. The molecule has 1 aromatic rings. The second-order valence-electron chi connectivity index (χ2n) is 4.78. The molecule has 1 N–H and O–H groups in total. The number of carbonyl (C=O) groups excluding carboxylic acids is 1. The quantitative estimate of drug-likeness (QED) is 0.850. The first-order valence-electron chi connectivity index (χ1n) is 6.28. The molecule has 0 saturated carbocycles. The van der Waals surface area contributed by atoms with E-state index < -0.39 is 27.2 Å². The van der Waals surface area contributed by atoms with Gasteiger partial charge in [-0.15, -0.1) is 0 Å². The van der Waals surface area contributed by atoms with Crippen molar-refractivity contribution in [3.63, 3.8) is 0 Å². The highest BCUT2D eigenvalue weighted by Crippen LogP contribution is 2.29. The van der Waals surface area contributed by atoms with Crippen LogP contribution >= 0.6 is 0 Å². The molecule has 0 spiro atoms. The van der Waals surface area contributed by atoms with Crippen LogP contribution < -0.4 is 5.32 Å². The van der Waals surface area contributed by atoms with Crippen molar-refractivity contribution in [1.82, 2.24) is 0 Å². The van der Waals surface area contributed by atoms with Gasteiger partial charge in [-0.05, 0) is 37.6 Å². The Morgan fingerprint density at radius 1 is 1.40 bits per heavy atom. The molecule has 0 aliphatic carbocycles. The van der Waals surface area contributed by atoms with Gasteiger partial charge >= 0.3 is 5.97 Å². The molecule has 0 aromatic heterocycles. The van der Waals surface area contributed by atoms with Gasteiger partial charge in [-0.2, -0.15) is 0 Å². The van der Waals surface area contributed by atoms with Crippen LogP contribution in [0.1, 0.15) is 13.3 Å². The van der Waals surface area contributed by atoms with Crippen LogP contribution in [0.25, 0.3) is 0 Å². The van der Waals surface area contributed by atoms with Crippen LogP contribution in [0.15, 0.2) is 24.3 Å². The summed E-state index contributed by atoms with van der Waals surface area (Å²) in [6, 6.07) is 5.40. The number of nitrogens with one attached hydrogen (secondary N) is 1. The first kappa shape index (κ1) is 14.8. The number of halogens is 1. The third-order valence-corrected chi connectivity index (χ3v) is 4.96. The van der Waals surface area contributed by atoms with Gasteiger partial charge in [0.05, 0.1) is 18.1 Å². The number of carbonyl (C=O) groups is 1. The highest BCUT2D eigenvalue weighted by atomic mass is 32.2. The van der Waals surface area contributed by atoms with Crippen LogP contribution in [0, 0.1) is 5.82 Å². The minimum absolute atomic E-state index is 0.0694. The summed E-state index contributed by atoms with van der Waals surface area (Å²) < 4.78 is 41.2. The molecular formula is C13H16FNO4S. The zero-order chi connectivity index (χ0) is 14.8. The van der Waals surface area contributed by atoms with Crippen LogP contribution in [-0.2, 0) is 19.4 Å². The minimum atomic E-state index is -3.28. The van der Waals surface area contributed by atoms with Crippen LogP contribution in [0.4, 0.5) is 10.1 Å². The van der Waals surface area contributed by atoms with Crippen LogP contribution in [0.2, 0.25) is 0 Å². The van der Waals surface area contributed by atoms with E-state index in [1.807, 2.05) is 0 Å². The van der Waals surface area contributed by atoms with E-state index in [-0.39, 0.29) is 24.5 Å². The van der Waals surface area contributed by atoms with Crippen LogP contribution in [-0.4, -0.2) is 38.0 Å². The lowest BCUT2D eigenvalue weighted by atomic mass is 9.98. The Hall–Kier alpha value is -1.63. The van der Waals surface area contributed by atoms with Crippen molar-refractivity contribution in [3.8, 4) is 0 Å². The van der Waals surface area contributed by atoms with Crippen LogP contribution in [0.5, 0.6) is 0 Å². The third kappa shape index (κ3) is 3.09. The Kier molecular flexibility index (Phi) is 3.99. The lowest BCUT2D eigenvalue weighted by molar-refractivity contribution is -0.147. The van der Waals surface area contributed by atoms with Crippen molar-refractivity contribution >= 4 is 21.5 Å². The highest BCUT2D eigenvalue weighted by molar-refractivity contribution is 7.91. The molecule has 1 aromatic carbocycles. The van der Waals surface area contributed by atoms with E-state index in [0.717, 1.165) is 0 Å². The number of hydrogen-bond acceptors (Lipinski definition) is 5. The maximum Gasteiger partial charge on any atom is 0.332 e. The first-order chi connectivity index (χ1) is 9.37. The van der Waals surface area contributed by atoms with E-state index in [9.17, 15) is 17.6 Å². The Labute approximate surface area is 117 Å². The summed E-state index contributed by atoms with van der Waals surface area (Å²) >= 11 is 0. The van der Waals surface area contributed by atoms with Gasteiger partial charge in [0.15, 0.2) is 15.4 Å². The molecule has 1 saturated heterocycles. The van der Waals surface area contributed by atoms with Crippen molar-refractivity contribution in [1.29, 1.82) is 0 Å². The smallest absolute Gasteiger partial charge is 0.332 e. The average Bonchev–Trinajstić information content (AvgIpc) is 2.69. The standard InChI is InChI=1S/C13H16FNO4S/c1-2-19-12(16)13(7-8-20(17,18)9-13)15-11-5-3-10(14)4-6-11/h3-6,15H,2,7-9H2,1H3. The molecule has 1 unspecified atom stereocenters. The molecule has 7 heteroatoms. The van der Waals surface area contributed by atoms with Gasteiger partial charge in [0.1, 0.15) is 5.82 Å². The zero-order valence-electron chi connectivity index (χ0n) is 11.1. The SMILES string of the molecule is CCOC(=O)C1(Nc2ccc(F)cc2)CCS(=O)(=O)C1. The van der Waals surface area contributed by atoms with E-state index in [0.29, 0.717) is 5.69 Å². The normalized spacial score (nSPS) is 24.3. The summed E-state index contributed by atoms with van der Waals surface area (Å²) in [4.78, 5) is 12.1. The van der Waals surface area contributed by atoms with Crippen LogP contribution in [0.3, 0.4) is 0 Å². The van der Waals surface area contributed by atoms with Gasteiger partial charge < -0.3 is 10.1 Å². The summed E-state index contributed by atoms with van der Waals surface area (Å²) in [5.41, 5.74) is -0.802. The summed E-state index contributed by atoms with van der Waals surface area (Å²) in [5, 5.41) is 2.90. The fourth-order valence-electron chi connectivity index (χ4n) is 2.24. The number of sulfone groups is 1. The molecule has 110 valence electrons. The number of hydrogen-bond donors (Lipinski definition) is 1. The lowest BCUT2D eigenvalue weighted by Gasteiger charge is -2.27. The fraction of sp³-hybridized carbons (Fsp3) is 0.462. The highest BCUT2D eigenvalue weighted by Gasteiger charge is 2.49. The minimum Gasteiger partial charge on any atom is -0.464 e. The summed E-state index contributed by atoms with van der Waals surface area (Å²) in [6.45, 7) is 1.83. The molecule has 1 fully saturated rings. The van der Waals surface area contributed by atoms with E-state index in [1.165, 1.54) is 24.3 Å². The molecule has 1 atom stereocenters. The Balaban J connectivity index is 2.28. The molecule has 0 amide bonds. The summed E-state index contributed by atoms with van der Waals surface area (Å²) in [6.07, 6.45) is 0.144. The zero-order valence-corrected chi connectivity index (χ0v) is 11.9. The van der Waals surface area contributed by atoms with Crippen molar-refractivity contribution in [2.75, 3.05) is 23.4 Å². The Bertz CT molecular complexity index is 599. The van der Waals surface area contributed by atoms with Crippen molar-refractivity contribution in [2.45, 2.75) is 18.9 Å². The topological polar surface area (TPSA) is 72.5 Å². The van der Waals surface area contributed by atoms with E-state index >= 15 is 0 Å². The molecule has 2 rings (SSSR count). The monoisotopic (exact) mass is 301 g/mol. The summed E-state index contributed by atoms with van der Waals surface area (Å²) in [5.74, 6) is -1.37. The fourth-order valence-corrected chi connectivity index (χ4v) is 4.13. The van der Waals surface area contributed by atoms with E-state index in [2.05, 4.69) is 5.32 Å². The van der Waals surface area contributed by atoms with Gasteiger partial charge in [-0.25, -0.2) is 17.6 Å². The first-order valence-corrected chi connectivity index (χ1v) is 8.10. The largest absolute Gasteiger partial charge is 0.464 e. The van der Waals surface area contributed by atoms with Crippen molar-refractivity contribution in [2.24, 2.45) is 0 Å². The average molecular weight is 301 g/mol. The maximum atomic E-state index is 12.9. The molecule has 1 heterocycles. The molecule has 20 heavy (non-hydrogen) atoms. The second kappa shape index (κ2) is 5.40. The summed E-state index contributed by atoms with van der Waals surface area (Å²) in [7, 11) is -3.28. The van der Waals surface area contributed by atoms with Gasteiger partial charge in [-0.1, -0.05) is 0 Å². The van der Waals surface area contributed by atoms with E-state index in [1.54, 1.807) is 6.92 Å². The number of rotatable bonds is 4. The Morgan fingerprint density at radius 2 is 2.05 bits per heavy atom. The predicted molar refractivity (Wildman–Crippen MR) is 72.7 cm³/mol.